The van der Waals surface area contributed by atoms with Crippen LogP contribution < -0.4 is 5.73 Å². The average Bonchev–Trinajstić information content (AvgIpc) is 2.26. The van der Waals surface area contributed by atoms with Gasteiger partial charge >= 0.3 is 6.18 Å². The molecule has 0 radical (unpaired) electrons. The molecule has 2 unspecified atom stereocenters. The smallest absolute Gasteiger partial charge is 0.323 e. The van der Waals surface area contributed by atoms with Gasteiger partial charge in [0, 0.05) is 12.1 Å². The lowest BCUT2D eigenvalue weighted by molar-refractivity contribution is -0.147. The SMILES string of the molecule is CC(C(N)c1ccc(F)cc1)N(C)CC(F)(F)F. The molecule has 0 aliphatic carbocycles. The largest absolute Gasteiger partial charge is 0.401 e. The van der Waals surface area contributed by atoms with Gasteiger partial charge < -0.3 is 5.73 Å². The maximum absolute atomic E-state index is 12.7. The standard InChI is InChI=1S/C12H16F4N2/c1-8(18(2)7-12(14,15)16)11(17)9-3-5-10(13)6-4-9/h3-6,8,11H,7,17H2,1-2H3. The minimum absolute atomic E-state index is 0.401. The third-order valence-electron chi connectivity index (χ3n) is 2.90. The molecule has 0 aromatic heterocycles. The molecule has 0 saturated heterocycles. The molecule has 2 nitrogen and oxygen atoms in total. The zero-order chi connectivity index (χ0) is 13.9. The summed E-state index contributed by atoms with van der Waals surface area (Å²) < 4.78 is 49.5. The van der Waals surface area contributed by atoms with Crippen LogP contribution in [0.2, 0.25) is 0 Å². The van der Waals surface area contributed by atoms with Crippen molar-refractivity contribution < 1.29 is 17.6 Å². The second-order valence-corrected chi connectivity index (χ2v) is 4.35. The van der Waals surface area contributed by atoms with Gasteiger partial charge in [-0.15, -0.1) is 0 Å². The van der Waals surface area contributed by atoms with Gasteiger partial charge in [-0.2, -0.15) is 13.2 Å². The fourth-order valence-electron chi connectivity index (χ4n) is 1.66. The summed E-state index contributed by atoms with van der Waals surface area (Å²) in [5.74, 6) is -0.401. The Balaban J connectivity index is 2.71. The van der Waals surface area contributed by atoms with Gasteiger partial charge in [0.05, 0.1) is 6.54 Å². The molecule has 1 aromatic rings. The van der Waals surface area contributed by atoms with Gasteiger partial charge in [0.1, 0.15) is 5.82 Å². The third kappa shape index (κ3) is 4.27. The summed E-state index contributed by atoms with van der Waals surface area (Å²) in [4.78, 5) is 1.13. The van der Waals surface area contributed by atoms with Crippen molar-refractivity contribution in [2.24, 2.45) is 5.73 Å². The van der Waals surface area contributed by atoms with Crippen molar-refractivity contribution in [2.75, 3.05) is 13.6 Å². The van der Waals surface area contributed by atoms with E-state index in [1.807, 2.05) is 0 Å². The zero-order valence-corrected chi connectivity index (χ0v) is 10.2. The van der Waals surface area contributed by atoms with Crippen molar-refractivity contribution >= 4 is 0 Å². The maximum atomic E-state index is 12.7. The first-order chi connectivity index (χ1) is 8.20. The third-order valence-corrected chi connectivity index (χ3v) is 2.90. The Hall–Kier alpha value is -1.14. The Kier molecular flexibility index (Phi) is 4.70. The van der Waals surface area contributed by atoms with E-state index in [0.717, 1.165) is 4.90 Å². The lowest BCUT2D eigenvalue weighted by atomic mass is 10.0. The summed E-state index contributed by atoms with van der Waals surface area (Å²) in [6.07, 6.45) is -4.26. The molecule has 0 heterocycles. The van der Waals surface area contributed by atoms with Crippen molar-refractivity contribution in [3.05, 3.63) is 35.6 Å². The molecule has 0 aliphatic heterocycles. The van der Waals surface area contributed by atoms with E-state index in [2.05, 4.69) is 0 Å². The predicted octanol–water partition coefficient (Wildman–Crippen LogP) is 2.71. The molecule has 0 aliphatic rings. The summed E-state index contributed by atoms with van der Waals surface area (Å²) >= 11 is 0. The molecule has 6 heteroatoms. The van der Waals surface area contributed by atoms with Crippen LogP contribution in [0.3, 0.4) is 0 Å². The lowest BCUT2D eigenvalue weighted by Crippen LogP contribution is -2.43. The number of rotatable bonds is 4. The molecule has 1 rings (SSSR count). The minimum atomic E-state index is -4.26. The first-order valence-electron chi connectivity index (χ1n) is 5.49. The molecule has 18 heavy (non-hydrogen) atoms. The molecule has 2 atom stereocenters. The number of hydrogen-bond donors (Lipinski definition) is 1. The predicted molar refractivity (Wildman–Crippen MR) is 61.5 cm³/mol. The van der Waals surface area contributed by atoms with E-state index in [-0.39, 0.29) is 0 Å². The molecule has 0 fully saturated rings. The van der Waals surface area contributed by atoms with Crippen molar-refractivity contribution in [1.82, 2.24) is 4.90 Å². The number of nitrogens with two attached hydrogens (primary N) is 1. The van der Waals surface area contributed by atoms with Crippen LogP contribution in [0.25, 0.3) is 0 Å². The number of hydrogen-bond acceptors (Lipinski definition) is 2. The number of benzene rings is 1. The Bertz CT molecular complexity index is 375. The normalized spacial score (nSPS) is 15.8. The van der Waals surface area contributed by atoms with Gasteiger partial charge in [-0.05, 0) is 31.7 Å². The Morgan fingerprint density at radius 3 is 2.17 bits per heavy atom. The first kappa shape index (κ1) is 14.9. The second-order valence-electron chi connectivity index (χ2n) is 4.35. The quantitative estimate of drug-likeness (QED) is 0.847. The van der Waals surface area contributed by atoms with Crippen LogP contribution in [0.15, 0.2) is 24.3 Å². The van der Waals surface area contributed by atoms with Crippen molar-refractivity contribution in [2.45, 2.75) is 25.2 Å². The van der Waals surface area contributed by atoms with Crippen molar-refractivity contribution in [1.29, 1.82) is 0 Å². The van der Waals surface area contributed by atoms with Gasteiger partial charge in [0.2, 0.25) is 0 Å². The zero-order valence-electron chi connectivity index (χ0n) is 10.2. The van der Waals surface area contributed by atoms with E-state index in [1.165, 1.54) is 31.3 Å². The van der Waals surface area contributed by atoms with Gasteiger partial charge in [0.25, 0.3) is 0 Å². The summed E-state index contributed by atoms with van der Waals surface area (Å²) in [6, 6.07) is 4.35. The van der Waals surface area contributed by atoms with Crippen LogP contribution in [0, 0.1) is 5.82 Å². The van der Waals surface area contributed by atoms with Crippen LogP contribution in [0.4, 0.5) is 17.6 Å². The van der Waals surface area contributed by atoms with Gasteiger partial charge in [-0.1, -0.05) is 12.1 Å². The summed E-state index contributed by atoms with van der Waals surface area (Å²) in [5.41, 5.74) is 6.49. The Morgan fingerprint density at radius 1 is 1.22 bits per heavy atom. The van der Waals surface area contributed by atoms with Gasteiger partial charge in [0.15, 0.2) is 0 Å². The second kappa shape index (κ2) is 5.67. The summed E-state index contributed by atoms with van der Waals surface area (Å²) in [5, 5.41) is 0. The van der Waals surface area contributed by atoms with E-state index < -0.39 is 30.6 Å². The Labute approximate surface area is 103 Å². The van der Waals surface area contributed by atoms with Crippen molar-refractivity contribution in [3.63, 3.8) is 0 Å². The van der Waals surface area contributed by atoms with Crippen molar-refractivity contribution in [3.8, 4) is 0 Å². The lowest BCUT2D eigenvalue weighted by Gasteiger charge is -2.30. The highest BCUT2D eigenvalue weighted by atomic mass is 19.4. The van der Waals surface area contributed by atoms with E-state index in [1.54, 1.807) is 6.92 Å². The summed E-state index contributed by atoms with van der Waals surface area (Å²) in [7, 11) is 1.36. The van der Waals surface area contributed by atoms with Gasteiger partial charge in [-0.3, -0.25) is 4.90 Å². The highest BCUT2D eigenvalue weighted by Gasteiger charge is 2.32. The topological polar surface area (TPSA) is 29.3 Å². The first-order valence-corrected chi connectivity index (χ1v) is 5.49. The molecule has 102 valence electrons. The average molecular weight is 264 g/mol. The molecule has 2 N–H and O–H groups in total. The maximum Gasteiger partial charge on any atom is 0.401 e. The van der Waals surface area contributed by atoms with E-state index in [0.29, 0.717) is 5.56 Å². The highest BCUT2D eigenvalue weighted by molar-refractivity contribution is 5.20. The van der Waals surface area contributed by atoms with Crippen LogP contribution in [-0.4, -0.2) is 30.7 Å². The van der Waals surface area contributed by atoms with Crippen LogP contribution in [0.1, 0.15) is 18.5 Å². The fraction of sp³-hybridized carbons (Fsp3) is 0.500. The highest BCUT2D eigenvalue weighted by Crippen LogP contribution is 2.22. The number of nitrogens with zero attached hydrogens (tertiary/aromatic N) is 1. The number of likely N-dealkylation sites (N-methyl/N-ethyl adjacent to an activating group) is 1. The summed E-state index contributed by atoms with van der Waals surface area (Å²) in [6.45, 7) is 0.586. The number of halogens is 4. The van der Waals surface area contributed by atoms with Crippen LogP contribution in [0.5, 0.6) is 0 Å². The van der Waals surface area contributed by atoms with E-state index in [9.17, 15) is 17.6 Å². The fourth-order valence-corrected chi connectivity index (χ4v) is 1.66. The number of alkyl halides is 3. The molecule has 0 spiro atoms. The molecule has 0 amide bonds. The monoisotopic (exact) mass is 264 g/mol. The molecular weight excluding hydrogens is 248 g/mol. The minimum Gasteiger partial charge on any atom is -0.323 e. The van der Waals surface area contributed by atoms with E-state index in [4.69, 9.17) is 5.73 Å². The van der Waals surface area contributed by atoms with Crippen LogP contribution >= 0.6 is 0 Å². The van der Waals surface area contributed by atoms with E-state index >= 15 is 0 Å². The Morgan fingerprint density at radius 2 is 1.72 bits per heavy atom. The van der Waals surface area contributed by atoms with Gasteiger partial charge in [-0.25, -0.2) is 4.39 Å². The molecule has 0 bridgehead atoms. The molecule has 1 aromatic carbocycles. The van der Waals surface area contributed by atoms with Crippen LogP contribution in [-0.2, 0) is 0 Å². The molecular formula is C12H16F4N2. The molecule has 0 saturated carbocycles.